The van der Waals surface area contributed by atoms with Crippen LogP contribution in [-0.2, 0) is 0 Å². The third-order valence-electron chi connectivity index (χ3n) is 10.7. The van der Waals surface area contributed by atoms with Crippen molar-refractivity contribution < 1.29 is 14.2 Å². The third-order valence-corrected chi connectivity index (χ3v) is 10.7. The largest absolute Gasteiger partial charge is 0.457 e. The Morgan fingerprint density at radius 3 is 0.754 bits per heavy atom. The summed E-state index contributed by atoms with van der Waals surface area (Å²) in [6, 6.07) is 73.6. The molecule has 9 rings (SSSR count). The van der Waals surface area contributed by atoms with Gasteiger partial charge in [-0.1, -0.05) is 191 Å². The topological polar surface area (TPSA) is 27.7 Å². The van der Waals surface area contributed by atoms with Gasteiger partial charge in [-0.3, -0.25) is 0 Å². The number of aryl methyl sites for hydroxylation is 12. The first kappa shape index (κ1) is 54.0. The van der Waals surface area contributed by atoms with E-state index in [1.165, 1.54) is 55.6 Å². The Hall–Kier alpha value is -7.62. The zero-order valence-corrected chi connectivity index (χ0v) is 43.0. The van der Waals surface area contributed by atoms with Gasteiger partial charge in [0.05, 0.1) is 0 Å². The van der Waals surface area contributed by atoms with Crippen molar-refractivity contribution in [2.24, 2.45) is 0 Å². The Morgan fingerprint density at radius 1 is 0.188 bits per heavy atom. The minimum Gasteiger partial charge on any atom is -0.457 e. The number of para-hydroxylation sites is 2. The summed E-state index contributed by atoms with van der Waals surface area (Å²) < 4.78 is 17.3. The quantitative estimate of drug-likeness (QED) is 0.166. The molecular weight excluding hydrogens is 841 g/mol. The van der Waals surface area contributed by atoms with E-state index in [9.17, 15) is 0 Å². The second-order valence-electron chi connectivity index (χ2n) is 17.5. The molecule has 9 aromatic carbocycles. The first-order chi connectivity index (χ1) is 33.1. The zero-order valence-electron chi connectivity index (χ0n) is 43.0. The molecular formula is C66H72O3. The lowest BCUT2D eigenvalue weighted by atomic mass is 10.1. The molecule has 0 unspecified atom stereocenters. The van der Waals surface area contributed by atoms with Crippen molar-refractivity contribution in [3.05, 3.63) is 285 Å². The molecule has 0 saturated carbocycles. The van der Waals surface area contributed by atoms with Crippen LogP contribution in [-0.4, -0.2) is 0 Å². The fourth-order valence-corrected chi connectivity index (χ4v) is 6.41. The molecule has 0 radical (unpaired) electrons. The Morgan fingerprint density at radius 2 is 0.464 bits per heavy atom. The van der Waals surface area contributed by atoms with Crippen LogP contribution in [0.3, 0.4) is 0 Å². The standard InChI is InChI=1S/3C14H14O.3C8H10/c1-11-3-7-13(8-4-11)15-14-9-5-12(2)6-10-14;1-11-5-3-7-13(9-11)15-14-8-4-6-12(2)10-14;1-11-7-3-5-9-13(11)15-14-10-6-4-8-12(14)2;1-7-3-5-8(2)6-4-7;1-7-4-3-5-8(2)6-7;1-7-5-3-4-6-8(7)2/h3*3-10H,1-2H3;3*3-6H,1-2H3. The van der Waals surface area contributed by atoms with Crippen LogP contribution in [0.4, 0.5) is 0 Å². The smallest absolute Gasteiger partial charge is 0.130 e. The first-order valence-corrected chi connectivity index (χ1v) is 23.6. The molecule has 0 fully saturated rings. The lowest BCUT2D eigenvalue weighted by molar-refractivity contribution is 0.475. The van der Waals surface area contributed by atoms with Gasteiger partial charge in [0.25, 0.3) is 0 Å². The Balaban J connectivity index is 0.000000185. The minimum atomic E-state index is 0.879. The lowest BCUT2D eigenvalue weighted by Crippen LogP contribution is -1.88. The van der Waals surface area contributed by atoms with Crippen molar-refractivity contribution in [2.75, 3.05) is 0 Å². The number of rotatable bonds is 6. The SMILES string of the molecule is Cc1ccc(C)cc1.Cc1ccc(Oc2ccc(C)cc2)cc1.Cc1cccc(C)c1.Cc1cccc(Oc2cccc(C)c2)c1.Cc1ccccc1C.Cc1ccccc1Oc1ccccc1C. The summed E-state index contributed by atoms with van der Waals surface area (Å²) in [7, 11) is 0. The van der Waals surface area contributed by atoms with E-state index in [2.05, 4.69) is 154 Å². The molecule has 0 aliphatic rings. The van der Waals surface area contributed by atoms with Gasteiger partial charge in [-0.25, -0.2) is 0 Å². The molecule has 0 atom stereocenters. The maximum Gasteiger partial charge on any atom is 0.130 e. The van der Waals surface area contributed by atoms with Gasteiger partial charge in [0, 0.05) is 0 Å². The van der Waals surface area contributed by atoms with Crippen molar-refractivity contribution in [3.63, 3.8) is 0 Å². The van der Waals surface area contributed by atoms with E-state index in [4.69, 9.17) is 14.2 Å². The molecule has 0 saturated heterocycles. The second-order valence-corrected chi connectivity index (χ2v) is 17.5. The summed E-state index contributed by atoms with van der Waals surface area (Å²) in [6.45, 7) is 25.0. The predicted molar refractivity (Wildman–Crippen MR) is 295 cm³/mol. The van der Waals surface area contributed by atoms with E-state index in [0.717, 1.165) is 45.6 Å². The van der Waals surface area contributed by atoms with E-state index in [1.807, 2.05) is 147 Å². The van der Waals surface area contributed by atoms with Crippen LogP contribution in [0.15, 0.2) is 218 Å². The van der Waals surface area contributed by atoms with Gasteiger partial charge in [-0.2, -0.15) is 0 Å². The molecule has 3 heteroatoms. The van der Waals surface area contributed by atoms with Gasteiger partial charge < -0.3 is 14.2 Å². The highest BCUT2D eigenvalue weighted by atomic mass is 16.5. The second kappa shape index (κ2) is 29.2. The van der Waals surface area contributed by atoms with Gasteiger partial charge in [0.15, 0.2) is 0 Å². The monoisotopic (exact) mass is 913 g/mol. The van der Waals surface area contributed by atoms with Crippen molar-refractivity contribution in [2.45, 2.75) is 83.1 Å². The fraction of sp³-hybridized carbons (Fsp3) is 0.182. The van der Waals surface area contributed by atoms with Crippen LogP contribution >= 0.6 is 0 Å². The highest BCUT2D eigenvalue weighted by Crippen LogP contribution is 2.27. The van der Waals surface area contributed by atoms with Gasteiger partial charge in [-0.05, 0) is 177 Å². The van der Waals surface area contributed by atoms with E-state index in [-0.39, 0.29) is 0 Å². The predicted octanol–water partition coefficient (Wildman–Crippen LogP) is 19.2. The number of hydrogen-bond acceptors (Lipinski definition) is 3. The molecule has 69 heavy (non-hydrogen) atoms. The van der Waals surface area contributed by atoms with Crippen molar-refractivity contribution >= 4 is 0 Å². The first-order valence-electron chi connectivity index (χ1n) is 23.6. The summed E-state index contributed by atoms with van der Waals surface area (Å²) in [5, 5.41) is 0. The summed E-state index contributed by atoms with van der Waals surface area (Å²) in [5.41, 5.74) is 15.3. The average molecular weight is 913 g/mol. The Bertz CT molecular complexity index is 2670. The van der Waals surface area contributed by atoms with Crippen LogP contribution in [0.5, 0.6) is 34.5 Å². The number of benzene rings is 9. The number of hydrogen-bond donors (Lipinski definition) is 0. The average Bonchev–Trinajstić information content (AvgIpc) is 3.32. The molecule has 0 aromatic heterocycles. The van der Waals surface area contributed by atoms with Gasteiger partial charge in [0.1, 0.15) is 34.5 Å². The van der Waals surface area contributed by atoms with E-state index < -0.39 is 0 Å². The molecule has 0 spiro atoms. The van der Waals surface area contributed by atoms with Crippen molar-refractivity contribution in [3.8, 4) is 34.5 Å². The minimum absolute atomic E-state index is 0.879. The van der Waals surface area contributed by atoms with E-state index in [1.54, 1.807) is 0 Å². The fourth-order valence-electron chi connectivity index (χ4n) is 6.41. The Kier molecular flexibility index (Phi) is 22.9. The van der Waals surface area contributed by atoms with Crippen molar-refractivity contribution in [1.29, 1.82) is 0 Å². The zero-order chi connectivity index (χ0) is 50.0. The van der Waals surface area contributed by atoms with Crippen LogP contribution in [0.1, 0.15) is 66.8 Å². The number of ether oxygens (including phenoxy) is 3. The normalized spacial score (nSPS) is 9.74. The highest BCUT2D eigenvalue weighted by Gasteiger charge is 2.02. The third kappa shape index (κ3) is 21.7. The molecule has 0 amide bonds. The van der Waals surface area contributed by atoms with Gasteiger partial charge >= 0.3 is 0 Å². The summed E-state index contributed by atoms with van der Waals surface area (Å²) in [4.78, 5) is 0. The lowest BCUT2D eigenvalue weighted by Gasteiger charge is -2.10. The van der Waals surface area contributed by atoms with Gasteiger partial charge in [0.2, 0.25) is 0 Å². The molecule has 0 bridgehead atoms. The van der Waals surface area contributed by atoms with Gasteiger partial charge in [-0.15, -0.1) is 0 Å². The maximum absolute atomic E-state index is 5.84. The summed E-state index contributed by atoms with van der Waals surface area (Å²) in [5.74, 6) is 5.38. The van der Waals surface area contributed by atoms with Crippen LogP contribution in [0, 0.1) is 83.1 Å². The summed E-state index contributed by atoms with van der Waals surface area (Å²) >= 11 is 0. The molecule has 0 heterocycles. The molecule has 0 N–H and O–H groups in total. The molecule has 9 aromatic rings. The van der Waals surface area contributed by atoms with Crippen LogP contribution in [0.25, 0.3) is 0 Å². The maximum atomic E-state index is 5.84. The van der Waals surface area contributed by atoms with Crippen LogP contribution in [0.2, 0.25) is 0 Å². The molecule has 0 aliphatic heterocycles. The molecule has 0 aliphatic carbocycles. The summed E-state index contributed by atoms with van der Waals surface area (Å²) in [6.07, 6.45) is 0. The van der Waals surface area contributed by atoms with E-state index in [0.29, 0.717) is 0 Å². The van der Waals surface area contributed by atoms with Crippen LogP contribution < -0.4 is 14.2 Å². The van der Waals surface area contributed by atoms with Crippen molar-refractivity contribution in [1.82, 2.24) is 0 Å². The molecule has 354 valence electrons. The highest BCUT2D eigenvalue weighted by molar-refractivity contribution is 5.41. The Labute approximate surface area is 415 Å². The van der Waals surface area contributed by atoms with E-state index >= 15 is 0 Å². The molecule has 3 nitrogen and oxygen atoms in total.